The van der Waals surface area contributed by atoms with Gasteiger partial charge in [0.1, 0.15) is 11.9 Å². The van der Waals surface area contributed by atoms with E-state index in [1.165, 1.54) is 24.0 Å². The van der Waals surface area contributed by atoms with E-state index in [1.807, 2.05) is 0 Å². The molecule has 0 bridgehead atoms. The second kappa shape index (κ2) is 4.50. The fourth-order valence-electron chi connectivity index (χ4n) is 2.38. The van der Waals surface area contributed by atoms with Crippen molar-refractivity contribution in [1.29, 1.82) is 5.26 Å². The van der Waals surface area contributed by atoms with Crippen LogP contribution >= 0.6 is 0 Å². The molecule has 1 aliphatic rings. The first-order valence-corrected chi connectivity index (χ1v) is 6.11. The summed E-state index contributed by atoms with van der Waals surface area (Å²) >= 11 is 0. The van der Waals surface area contributed by atoms with Crippen LogP contribution in [-0.4, -0.2) is 4.98 Å². The number of nitriles is 1. The standard InChI is InChI=1S/C15H13N3/c16-10-13-5-2-8-17-15(13)18-14-7-6-11-3-1-4-12(11)9-14/h2,5-9H,1,3-4H2,(H,17,18). The van der Waals surface area contributed by atoms with E-state index < -0.39 is 0 Å². The molecule has 1 aliphatic carbocycles. The van der Waals surface area contributed by atoms with Crippen molar-refractivity contribution >= 4 is 11.5 Å². The quantitative estimate of drug-likeness (QED) is 0.869. The molecule has 0 fully saturated rings. The molecule has 0 spiro atoms. The molecular formula is C15H13N3. The zero-order chi connectivity index (χ0) is 12.4. The number of aromatic nitrogens is 1. The van der Waals surface area contributed by atoms with E-state index >= 15 is 0 Å². The van der Waals surface area contributed by atoms with Gasteiger partial charge in [0.15, 0.2) is 0 Å². The molecule has 3 rings (SSSR count). The second-order valence-electron chi connectivity index (χ2n) is 4.47. The first kappa shape index (κ1) is 10.8. The van der Waals surface area contributed by atoms with Crippen molar-refractivity contribution in [3.8, 4) is 6.07 Å². The first-order chi connectivity index (χ1) is 8.86. The average Bonchev–Trinajstić information content (AvgIpc) is 2.87. The minimum atomic E-state index is 0.568. The SMILES string of the molecule is N#Cc1cccnc1Nc1ccc2c(c1)CCC2. The first-order valence-electron chi connectivity index (χ1n) is 6.11. The van der Waals surface area contributed by atoms with Gasteiger partial charge in [0.25, 0.3) is 0 Å². The summed E-state index contributed by atoms with van der Waals surface area (Å²) in [6.45, 7) is 0. The molecule has 1 N–H and O–H groups in total. The van der Waals surface area contributed by atoms with Crippen molar-refractivity contribution in [2.75, 3.05) is 5.32 Å². The third-order valence-corrected chi connectivity index (χ3v) is 3.29. The fraction of sp³-hybridized carbons (Fsp3) is 0.200. The molecule has 1 aromatic carbocycles. The maximum Gasteiger partial charge on any atom is 0.148 e. The number of rotatable bonds is 2. The Morgan fingerprint density at radius 1 is 1.17 bits per heavy atom. The minimum Gasteiger partial charge on any atom is -0.339 e. The molecule has 0 aliphatic heterocycles. The van der Waals surface area contributed by atoms with Crippen molar-refractivity contribution in [2.45, 2.75) is 19.3 Å². The number of pyridine rings is 1. The maximum atomic E-state index is 9.02. The summed E-state index contributed by atoms with van der Waals surface area (Å²) in [5.74, 6) is 0.623. The molecule has 0 amide bonds. The summed E-state index contributed by atoms with van der Waals surface area (Å²) in [6, 6.07) is 12.1. The van der Waals surface area contributed by atoms with Crippen molar-refractivity contribution in [3.05, 3.63) is 53.2 Å². The van der Waals surface area contributed by atoms with Crippen LogP contribution in [0.15, 0.2) is 36.5 Å². The Bertz CT molecular complexity index is 626. The molecule has 18 heavy (non-hydrogen) atoms. The zero-order valence-electron chi connectivity index (χ0n) is 9.98. The minimum absolute atomic E-state index is 0.568. The summed E-state index contributed by atoms with van der Waals surface area (Å²) in [7, 11) is 0. The van der Waals surface area contributed by atoms with Gasteiger partial charge in [0.05, 0.1) is 5.56 Å². The van der Waals surface area contributed by atoms with Crippen LogP contribution in [0.25, 0.3) is 0 Å². The van der Waals surface area contributed by atoms with Gasteiger partial charge in [0.2, 0.25) is 0 Å². The van der Waals surface area contributed by atoms with E-state index in [9.17, 15) is 0 Å². The summed E-state index contributed by atoms with van der Waals surface area (Å²) < 4.78 is 0. The summed E-state index contributed by atoms with van der Waals surface area (Å²) in [5.41, 5.74) is 4.43. The number of aryl methyl sites for hydroxylation is 2. The van der Waals surface area contributed by atoms with Gasteiger partial charge in [-0.3, -0.25) is 0 Å². The molecule has 0 atom stereocenters. The van der Waals surface area contributed by atoms with Crippen molar-refractivity contribution in [3.63, 3.8) is 0 Å². The molecule has 88 valence electrons. The Balaban J connectivity index is 1.91. The summed E-state index contributed by atoms with van der Waals surface area (Å²) in [4.78, 5) is 4.20. The number of hydrogen-bond donors (Lipinski definition) is 1. The number of anilines is 2. The number of benzene rings is 1. The maximum absolute atomic E-state index is 9.02. The van der Waals surface area contributed by atoms with Crippen LogP contribution in [0.5, 0.6) is 0 Å². The highest BCUT2D eigenvalue weighted by Gasteiger charge is 2.11. The molecule has 1 aromatic heterocycles. The Kier molecular flexibility index (Phi) is 2.70. The van der Waals surface area contributed by atoms with E-state index in [4.69, 9.17) is 5.26 Å². The lowest BCUT2D eigenvalue weighted by molar-refractivity contribution is 0.912. The van der Waals surface area contributed by atoms with Crippen LogP contribution in [0, 0.1) is 11.3 Å². The van der Waals surface area contributed by atoms with Gasteiger partial charge in [-0.15, -0.1) is 0 Å². The van der Waals surface area contributed by atoms with Crippen LogP contribution < -0.4 is 5.32 Å². The number of fused-ring (bicyclic) bond motifs is 1. The highest BCUT2D eigenvalue weighted by atomic mass is 15.0. The van der Waals surface area contributed by atoms with E-state index in [-0.39, 0.29) is 0 Å². The van der Waals surface area contributed by atoms with Crippen molar-refractivity contribution in [2.24, 2.45) is 0 Å². The van der Waals surface area contributed by atoms with Crippen LogP contribution in [0.1, 0.15) is 23.1 Å². The Morgan fingerprint density at radius 2 is 2.06 bits per heavy atom. The highest BCUT2D eigenvalue weighted by Crippen LogP contribution is 2.26. The van der Waals surface area contributed by atoms with Gasteiger partial charge in [-0.1, -0.05) is 6.07 Å². The summed E-state index contributed by atoms with van der Waals surface area (Å²) in [6.07, 6.45) is 5.27. The van der Waals surface area contributed by atoms with Crippen LogP contribution in [-0.2, 0) is 12.8 Å². The lowest BCUT2D eigenvalue weighted by Gasteiger charge is -2.08. The topological polar surface area (TPSA) is 48.7 Å². The summed E-state index contributed by atoms with van der Waals surface area (Å²) in [5, 5.41) is 12.2. The van der Waals surface area contributed by atoms with Crippen molar-refractivity contribution in [1.82, 2.24) is 4.98 Å². The lowest BCUT2D eigenvalue weighted by Crippen LogP contribution is -1.97. The van der Waals surface area contributed by atoms with Crippen LogP contribution in [0.2, 0.25) is 0 Å². The Hall–Kier alpha value is -2.34. The molecule has 1 heterocycles. The van der Waals surface area contributed by atoms with Gasteiger partial charge in [0, 0.05) is 11.9 Å². The van der Waals surface area contributed by atoms with E-state index in [2.05, 4.69) is 34.6 Å². The third-order valence-electron chi connectivity index (χ3n) is 3.29. The van der Waals surface area contributed by atoms with Gasteiger partial charge < -0.3 is 5.32 Å². The van der Waals surface area contributed by atoms with Gasteiger partial charge >= 0.3 is 0 Å². The lowest BCUT2D eigenvalue weighted by atomic mass is 10.1. The third kappa shape index (κ3) is 1.93. The molecule has 0 unspecified atom stereocenters. The predicted molar refractivity (Wildman–Crippen MR) is 70.7 cm³/mol. The molecule has 3 nitrogen and oxygen atoms in total. The second-order valence-corrected chi connectivity index (χ2v) is 4.47. The van der Waals surface area contributed by atoms with E-state index in [0.717, 1.165) is 12.1 Å². The van der Waals surface area contributed by atoms with Crippen LogP contribution in [0.3, 0.4) is 0 Å². The molecule has 0 radical (unpaired) electrons. The van der Waals surface area contributed by atoms with Gasteiger partial charge in [-0.2, -0.15) is 5.26 Å². The predicted octanol–water partition coefficient (Wildman–Crippen LogP) is 3.19. The van der Waals surface area contributed by atoms with Gasteiger partial charge in [-0.25, -0.2) is 4.98 Å². The van der Waals surface area contributed by atoms with Crippen molar-refractivity contribution < 1.29 is 0 Å². The fourth-order valence-corrected chi connectivity index (χ4v) is 2.38. The normalized spacial score (nSPS) is 12.8. The largest absolute Gasteiger partial charge is 0.339 e. The smallest absolute Gasteiger partial charge is 0.148 e. The Labute approximate surface area is 106 Å². The van der Waals surface area contributed by atoms with E-state index in [0.29, 0.717) is 11.4 Å². The molecule has 0 saturated heterocycles. The van der Waals surface area contributed by atoms with E-state index in [1.54, 1.807) is 18.3 Å². The molecule has 3 heteroatoms. The monoisotopic (exact) mass is 235 g/mol. The number of nitrogens with one attached hydrogen (secondary N) is 1. The highest BCUT2D eigenvalue weighted by molar-refractivity contribution is 5.63. The molecule has 0 saturated carbocycles. The average molecular weight is 235 g/mol. The molecule has 2 aromatic rings. The zero-order valence-corrected chi connectivity index (χ0v) is 9.98. The van der Waals surface area contributed by atoms with Gasteiger partial charge in [-0.05, 0) is 54.7 Å². The molecular weight excluding hydrogens is 222 g/mol. The van der Waals surface area contributed by atoms with Crippen LogP contribution in [0.4, 0.5) is 11.5 Å². The number of nitrogens with zero attached hydrogens (tertiary/aromatic N) is 2. The Morgan fingerprint density at radius 3 is 2.94 bits per heavy atom. The number of hydrogen-bond acceptors (Lipinski definition) is 3.